The molecule has 0 saturated heterocycles. The molecule has 28 heavy (non-hydrogen) atoms. The molecule has 0 unspecified atom stereocenters. The second-order valence-corrected chi connectivity index (χ2v) is 8.94. The molecule has 0 atom stereocenters. The van der Waals surface area contributed by atoms with Crippen LogP contribution in [0.4, 0.5) is 5.69 Å². The standard InChI is InChI=1S/C19H22ClN3O4S/c1-28(25,26)23-17-10-14(7-8-16(17)20)19(24)22-12-13-6-9-18(21-11-13)27-15-4-2-3-5-15/h6-11,15,23H,2-5,12H2,1H3,(H,22,24). The van der Waals surface area contributed by atoms with E-state index < -0.39 is 10.0 Å². The number of amides is 1. The summed E-state index contributed by atoms with van der Waals surface area (Å²) in [5, 5.41) is 2.99. The van der Waals surface area contributed by atoms with Gasteiger partial charge >= 0.3 is 0 Å². The number of benzene rings is 1. The zero-order valence-electron chi connectivity index (χ0n) is 15.4. The molecule has 0 aliphatic heterocycles. The van der Waals surface area contributed by atoms with Crippen molar-refractivity contribution in [3.63, 3.8) is 0 Å². The SMILES string of the molecule is CS(=O)(=O)Nc1cc(C(=O)NCc2ccc(OC3CCCC3)nc2)ccc1Cl. The predicted molar refractivity (Wildman–Crippen MR) is 108 cm³/mol. The molecule has 150 valence electrons. The highest BCUT2D eigenvalue weighted by Gasteiger charge is 2.17. The van der Waals surface area contributed by atoms with Gasteiger partial charge in [0.05, 0.1) is 17.0 Å². The maximum atomic E-state index is 12.4. The number of hydrogen-bond donors (Lipinski definition) is 2. The molecule has 1 aliphatic rings. The third kappa shape index (κ3) is 5.84. The average Bonchev–Trinajstić information content (AvgIpc) is 3.14. The third-order valence-corrected chi connectivity index (χ3v) is 5.28. The van der Waals surface area contributed by atoms with Crippen LogP contribution in [0, 0.1) is 0 Å². The molecule has 2 aromatic rings. The van der Waals surface area contributed by atoms with Crippen molar-refractivity contribution in [2.75, 3.05) is 11.0 Å². The minimum atomic E-state index is -3.50. The van der Waals surface area contributed by atoms with Crippen LogP contribution in [-0.4, -0.2) is 31.7 Å². The first-order valence-electron chi connectivity index (χ1n) is 8.97. The number of nitrogens with zero attached hydrogens (tertiary/aromatic N) is 1. The number of halogens is 1. The molecule has 2 N–H and O–H groups in total. The molecule has 1 amide bonds. The second kappa shape index (κ2) is 8.79. The number of carbonyl (C=O) groups is 1. The van der Waals surface area contributed by atoms with E-state index in [1.54, 1.807) is 12.3 Å². The van der Waals surface area contributed by atoms with Crippen LogP contribution in [0.15, 0.2) is 36.5 Å². The van der Waals surface area contributed by atoms with E-state index in [0.717, 1.165) is 24.7 Å². The van der Waals surface area contributed by atoms with Crippen LogP contribution in [-0.2, 0) is 16.6 Å². The van der Waals surface area contributed by atoms with E-state index >= 15 is 0 Å². The molecule has 1 aliphatic carbocycles. The van der Waals surface area contributed by atoms with Crippen LogP contribution < -0.4 is 14.8 Å². The zero-order valence-corrected chi connectivity index (χ0v) is 17.0. The number of rotatable bonds is 7. The molecular formula is C19H22ClN3O4S. The summed E-state index contributed by atoms with van der Waals surface area (Å²) in [7, 11) is -3.50. The number of nitrogens with one attached hydrogen (secondary N) is 2. The van der Waals surface area contributed by atoms with Crippen LogP contribution in [0.5, 0.6) is 5.88 Å². The Kier molecular flexibility index (Phi) is 6.41. The summed E-state index contributed by atoms with van der Waals surface area (Å²) in [5.74, 6) is 0.246. The summed E-state index contributed by atoms with van der Waals surface area (Å²) in [4.78, 5) is 16.7. The van der Waals surface area contributed by atoms with Gasteiger partial charge in [-0.2, -0.15) is 0 Å². The van der Waals surface area contributed by atoms with Crippen molar-refractivity contribution in [2.45, 2.75) is 38.3 Å². The third-order valence-electron chi connectivity index (χ3n) is 4.36. The van der Waals surface area contributed by atoms with E-state index in [0.29, 0.717) is 11.4 Å². The highest BCUT2D eigenvalue weighted by molar-refractivity contribution is 7.92. The molecule has 1 aromatic carbocycles. The summed E-state index contributed by atoms with van der Waals surface area (Å²) in [5.41, 5.74) is 1.28. The van der Waals surface area contributed by atoms with Crippen LogP contribution in [0.1, 0.15) is 41.6 Å². The Morgan fingerprint density at radius 3 is 2.64 bits per heavy atom. The van der Waals surface area contributed by atoms with E-state index in [9.17, 15) is 13.2 Å². The van der Waals surface area contributed by atoms with Crippen LogP contribution in [0.25, 0.3) is 0 Å². The molecule has 7 nitrogen and oxygen atoms in total. The van der Waals surface area contributed by atoms with Crippen LogP contribution in [0.3, 0.4) is 0 Å². The molecule has 1 saturated carbocycles. The lowest BCUT2D eigenvalue weighted by atomic mass is 10.2. The smallest absolute Gasteiger partial charge is 0.251 e. The fourth-order valence-corrected chi connectivity index (χ4v) is 3.78. The highest BCUT2D eigenvalue weighted by atomic mass is 35.5. The van der Waals surface area contributed by atoms with Crippen LogP contribution >= 0.6 is 11.6 Å². The van der Waals surface area contributed by atoms with Gasteiger partial charge in [-0.05, 0) is 49.4 Å². The Bertz CT molecular complexity index is 942. The average molecular weight is 424 g/mol. The normalized spacial score (nSPS) is 14.6. The summed E-state index contributed by atoms with van der Waals surface area (Å²) in [6.07, 6.45) is 7.46. The first kappa shape index (κ1) is 20.4. The lowest BCUT2D eigenvalue weighted by Crippen LogP contribution is -2.23. The lowest BCUT2D eigenvalue weighted by molar-refractivity contribution is 0.0951. The number of anilines is 1. The van der Waals surface area contributed by atoms with Crippen molar-refractivity contribution in [2.24, 2.45) is 0 Å². The quantitative estimate of drug-likeness (QED) is 0.711. The van der Waals surface area contributed by atoms with Crippen molar-refractivity contribution < 1.29 is 17.9 Å². The molecule has 0 bridgehead atoms. The Hall–Kier alpha value is -2.32. The predicted octanol–water partition coefficient (Wildman–Crippen LogP) is 3.36. The van der Waals surface area contributed by atoms with E-state index in [2.05, 4.69) is 15.0 Å². The van der Waals surface area contributed by atoms with Crippen molar-refractivity contribution in [1.82, 2.24) is 10.3 Å². The maximum Gasteiger partial charge on any atom is 0.251 e. The van der Waals surface area contributed by atoms with Crippen molar-refractivity contribution in [3.05, 3.63) is 52.7 Å². The zero-order chi connectivity index (χ0) is 20.1. The van der Waals surface area contributed by atoms with Gasteiger partial charge < -0.3 is 10.1 Å². The lowest BCUT2D eigenvalue weighted by Gasteiger charge is -2.12. The molecule has 0 spiro atoms. The van der Waals surface area contributed by atoms with Gasteiger partial charge in [-0.15, -0.1) is 0 Å². The summed E-state index contributed by atoms with van der Waals surface area (Å²) >= 11 is 5.98. The van der Waals surface area contributed by atoms with Crippen LogP contribution in [0.2, 0.25) is 5.02 Å². The Labute approximate surface area is 169 Å². The monoisotopic (exact) mass is 423 g/mol. The highest BCUT2D eigenvalue weighted by Crippen LogP contribution is 2.24. The Morgan fingerprint density at radius 2 is 2.00 bits per heavy atom. The Morgan fingerprint density at radius 1 is 1.25 bits per heavy atom. The second-order valence-electron chi connectivity index (χ2n) is 6.78. The maximum absolute atomic E-state index is 12.4. The number of carbonyl (C=O) groups excluding carboxylic acids is 1. The van der Waals surface area contributed by atoms with Gasteiger partial charge in [-0.3, -0.25) is 9.52 Å². The fraction of sp³-hybridized carbons (Fsp3) is 0.368. The molecule has 1 aromatic heterocycles. The number of ether oxygens (including phenoxy) is 1. The van der Waals surface area contributed by atoms with Gasteiger partial charge in [-0.25, -0.2) is 13.4 Å². The molecule has 1 heterocycles. The number of pyridine rings is 1. The van der Waals surface area contributed by atoms with Crippen molar-refractivity contribution in [1.29, 1.82) is 0 Å². The van der Waals surface area contributed by atoms with Gasteiger partial charge in [0.2, 0.25) is 15.9 Å². The summed E-state index contributed by atoms with van der Waals surface area (Å²) in [6.45, 7) is 0.285. The van der Waals surface area contributed by atoms with Gasteiger partial charge in [0, 0.05) is 24.4 Å². The van der Waals surface area contributed by atoms with Gasteiger partial charge in [0.25, 0.3) is 5.91 Å². The molecular weight excluding hydrogens is 402 g/mol. The Balaban J connectivity index is 1.58. The molecule has 1 fully saturated rings. The van der Waals surface area contributed by atoms with Gasteiger partial charge in [0.15, 0.2) is 0 Å². The summed E-state index contributed by atoms with van der Waals surface area (Å²) < 4.78 is 30.9. The fourth-order valence-electron chi connectivity index (χ4n) is 2.99. The number of sulfonamides is 1. The van der Waals surface area contributed by atoms with E-state index in [1.165, 1.54) is 31.0 Å². The number of aromatic nitrogens is 1. The van der Waals surface area contributed by atoms with Gasteiger partial charge in [0.1, 0.15) is 6.10 Å². The minimum absolute atomic E-state index is 0.159. The van der Waals surface area contributed by atoms with E-state index in [-0.39, 0.29) is 29.3 Å². The summed E-state index contributed by atoms with van der Waals surface area (Å²) in [6, 6.07) is 8.06. The first-order valence-corrected chi connectivity index (χ1v) is 11.2. The minimum Gasteiger partial charge on any atom is -0.474 e. The molecule has 3 rings (SSSR count). The van der Waals surface area contributed by atoms with E-state index in [4.69, 9.17) is 16.3 Å². The van der Waals surface area contributed by atoms with Crippen molar-refractivity contribution >= 4 is 33.2 Å². The molecule has 9 heteroatoms. The number of hydrogen-bond acceptors (Lipinski definition) is 5. The largest absolute Gasteiger partial charge is 0.474 e. The topological polar surface area (TPSA) is 97.4 Å². The van der Waals surface area contributed by atoms with Gasteiger partial charge in [-0.1, -0.05) is 17.7 Å². The molecule has 0 radical (unpaired) electrons. The first-order chi connectivity index (χ1) is 13.3. The van der Waals surface area contributed by atoms with Crippen molar-refractivity contribution in [3.8, 4) is 5.88 Å². The van der Waals surface area contributed by atoms with E-state index in [1.807, 2.05) is 6.07 Å².